The topological polar surface area (TPSA) is 111 Å². The maximum Gasteiger partial charge on any atom is 0.290 e. The van der Waals surface area contributed by atoms with E-state index in [2.05, 4.69) is 21.0 Å². The molecule has 0 atom stereocenters. The summed E-state index contributed by atoms with van der Waals surface area (Å²) in [6.07, 6.45) is 2.85. The summed E-state index contributed by atoms with van der Waals surface area (Å²) in [6.45, 7) is 3.59. The fraction of sp³-hybridized carbons (Fsp3) is 0.136. The molecule has 0 radical (unpaired) electrons. The zero-order valence-corrected chi connectivity index (χ0v) is 18.0. The Balaban J connectivity index is 1.55. The molecule has 9 nitrogen and oxygen atoms in total. The summed E-state index contributed by atoms with van der Waals surface area (Å²) in [4.78, 5) is 37.9. The third-order valence-corrected chi connectivity index (χ3v) is 5.09. The second-order valence-electron chi connectivity index (χ2n) is 7.27. The number of amides is 2. The summed E-state index contributed by atoms with van der Waals surface area (Å²) >= 11 is 6.16. The fourth-order valence-electron chi connectivity index (χ4n) is 3.18. The van der Waals surface area contributed by atoms with Crippen molar-refractivity contribution < 1.29 is 9.59 Å². The molecule has 2 amide bonds. The lowest BCUT2D eigenvalue weighted by Gasteiger charge is -2.13. The highest BCUT2D eigenvalue weighted by molar-refractivity contribution is 6.32. The number of carbonyl (C=O) groups is 2. The van der Waals surface area contributed by atoms with Crippen LogP contribution in [0.15, 0.2) is 65.7 Å². The van der Waals surface area contributed by atoms with Gasteiger partial charge in [0.2, 0.25) is 0 Å². The maximum atomic E-state index is 12.8. The molecule has 10 heteroatoms. The first-order valence-corrected chi connectivity index (χ1v) is 10.2. The molecule has 162 valence electrons. The van der Waals surface area contributed by atoms with Gasteiger partial charge in [-0.2, -0.15) is 10.2 Å². The van der Waals surface area contributed by atoms with Crippen molar-refractivity contribution in [2.24, 2.45) is 0 Å². The third kappa shape index (κ3) is 3.97. The number of nitrogens with one attached hydrogen (secondary N) is 2. The number of nitrogens with zero attached hydrogens (tertiary/aromatic N) is 4. The van der Waals surface area contributed by atoms with Crippen LogP contribution in [-0.2, 0) is 0 Å². The molecule has 0 aliphatic rings. The molecule has 4 rings (SSSR count). The zero-order chi connectivity index (χ0) is 22.8. The molecule has 0 saturated heterocycles. The first-order chi connectivity index (χ1) is 15.4. The predicted molar refractivity (Wildman–Crippen MR) is 120 cm³/mol. The summed E-state index contributed by atoms with van der Waals surface area (Å²) < 4.78 is 2.71. The number of para-hydroxylation sites is 1. The molecule has 0 bridgehead atoms. The van der Waals surface area contributed by atoms with Crippen molar-refractivity contribution in [3.8, 4) is 5.69 Å². The van der Waals surface area contributed by atoms with Gasteiger partial charge in [-0.05, 0) is 32.0 Å². The number of halogens is 1. The summed E-state index contributed by atoms with van der Waals surface area (Å²) in [5.74, 6) is -1.22. The van der Waals surface area contributed by atoms with Gasteiger partial charge in [0.1, 0.15) is 0 Å². The molecule has 2 aromatic heterocycles. The average molecular weight is 451 g/mol. The van der Waals surface area contributed by atoms with Gasteiger partial charge >= 0.3 is 0 Å². The predicted octanol–water partition coefficient (Wildman–Crippen LogP) is 2.89. The molecule has 4 aromatic rings. The van der Waals surface area contributed by atoms with Gasteiger partial charge in [-0.3, -0.25) is 25.2 Å². The van der Waals surface area contributed by atoms with E-state index in [1.807, 2.05) is 0 Å². The van der Waals surface area contributed by atoms with Crippen LogP contribution in [0.4, 0.5) is 0 Å². The van der Waals surface area contributed by atoms with E-state index in [0.717, 1.165) is 0 Å². The smallest absolute Gasteiger partial charge is 0.267 e. The molecule has 0 spiro atoms. The second-order valence-corrected chi connectivity index (χ2v) is 7.68. The van der Waals surface area contributed by atoms with Crippen LogP contribution in [0, 0.1) is 0 Å². The first-order valence-electron chi connectivity index (χ1n) is 9.78. The van der Waals surface area contributed by atoms with E-state index in [1.165, 1.54) is 21.8 Å². The van der Waals surface area contributed by atoms with Gasteiger partial charge in [0.05, 0.1) is 33.9 Å². The normalized spacial score (nSPS) is 11.0. The lowest BCUT2D eigenvalue weighted by Crippen LogP contribution is -2.42. The molecular formula is C22H19ClN6O3. The quantitative estimate of drug-likeness (QED) is 0.464. The molecule has 0 aliphatic carbocycles. The van der Waals surface area contributed by atoms with Crippen molar-refractivity contribution in [1.29, 1.82) is 0 Å². The van der Waals surface area contributed by atoms with Gasteiger partial charge < -0.3 is 0 Å². The maximum absolute atomic E-state index is 12.8. The number of hydrogen-bond acceptors (Lipinski definition) is 5. The molecular weight excluding hydrogens is 432 g/mol. The Labute approximate surface area is 187 Å². The van der Waals surface area contributed by atoms with Gasteiger partial charge in [0, 0.05) is 11.6 Å². The van der Waals surface area contributed by atoms with E-state index in [0.29, 0.717) is 21.5 Å². The Morgan fingerprint density at radius 2 is 1.62 bits per heavy atom. The van der Waals surface area contributed by atoms with Crippen molar-refractivity contribution in [2.45, 2.75) is 19.9 Å². The van der Waals surface area contributed by atoms with E-state index < -0.39 is 11.8 Å². The SMILES string of the molecule is CC(C)n1nc(C(=O)NNC(=O)c2cnn(-c3ccccc3Cl)c2)c2ccccc2c1=O. The highest BCUT2D eigenvalue weighted by Gasteiger charge is 2.19. The minimum Gasteiger partial charge on any atom is -0.267 e. The fourth-order valence-corrected chi connectivity index (χ4v) is 3.40. The van der Waals surface area contributed by atoms with E-state index in [4.69, 9.17) is 11.6 Å². The number of benzene rings is 2. The number of carbonyl (C=O) groups excluding carboxylic acids is 2. The molecule has 0 fully saturated rings. The summed E-state index contributed by atoms with van der Waals surface area (Å²) in [5, 5.41) is 9.60. The minimum absolute atomic E-state index is 0.0287. The number of aromatic nitrogens is 4. The highest BCUT2D eigenvalue weighted by atomic mass is 35.5. The van der Waals surface area contributed by atoms with Crippen molar-refractivity contribution in [2.75, 3.05) is 0 Å². The molecule has 0 saturated carbocycles. The number of hydrazine groups is 1. The largest absolute Gasteiger partial charge is 0.290 e. The Morgan fingerprint density at radius 1 is 0.969 bits per heavy atom. The van der Waals surface area contributed by atoms with Crippen LogP contribution < -0.4 is 16.4 Å². The van der Waals surface area contributed by atoms with Crippen LogP contribution in [0.2, 0.25) is 5.02 Å². The molecule has 2 heterocycles. The summed E-state index contributed by atoms with van der Waals surface area (Å²) in [7, 11) is 0. The first kappa shape index (κ1) is 21.3. The van der Waals surface area contributed by atoms with Crippen LogP contribution in [0.3, 0.4) is 0 Å². The van der Waals surface area contributed by atoms with Gasteiger partial charge in [0.15, 0.2) is 5.69 Å². The van der Waals surface area contributed by atoms with E-state index in [1.54, 1.807) is 62.4 Å². The Kier molecular flexibility index (Phi) is 5.74. The van der Waals surface area contributed by atoms with Gasteiger partial charge in [-0.1, -0.05) is 41.9 Å². The zero-order valence-electron chi connectivity index (χ0n) is 17.2. The Bertz CT molecular complexity index is 1390. The summed E-state index contributed by atoms with van der Waals surface area (Å²) in [6, 6.07) is 13.5. The second kappa shape index (κ2) is 8.64. The van der Waals surface area contributed by atoms with Crippen LogP contribution in [-0.4, -0.2) is 31.4 Å². The lowest BCUT2D eigenvalue weighted by molar-refractivity contribution is 0.0843. The van der Waals surface area contributed by atoms with Crippen LogP contribution >= 0.6 is 11.6 Å². The van der Waals surface area contributed by atoms with Crippen molar-refractivity contribution in [3.63, 3.8) is 0 Å². The highest BCUT2D eigenvalue weighted by Crippen LogP contribution is 2.19. The lowest BCUT2D eigenvalue weighted by atomic mass is 10.1. The minimum atomic E-state index is -0.651. The number of hydrogen-bond donors (Lipinski definition) is 2. The van der Waals surface area contributed by atoms with Crippen LogP contribution in [0.1, 0.15) is 40.7 Å². The number of fused-ring (bicyclic) bond motifs is 1. The standard InChI is InChI=1S/C22H19ClN6O3/c1-13(2)29-22(32)16-8-4-3-7-15(16)19(27-29)21(31)26-25-20(30)14-11-24-28(12-14)18-10-6-5-9-17(18)23/h3-13H,1-2H3,(H,25,30)(H,26,31). The van der Waals surface area contributed by atoms with Crippen molar-refractivity contribution in [1.82, 2.24) is 30.4 Å². The Hall–Kier alpha value is -3.98. The molecule has 32 heavy (non-hydrogen) atoms. The molecule has 2 N–H and O–H groups in total. The molecule has 0 aliphatic heterocycles. The monoisotopic (exact) mass is 450 g/mol. The van der Waals surface area contributed by atoms with Crippen LogP contribution in [0.5, 0.6) is 0 Å². The van der Waals surface area contributed by atoms with E-state index in [9.17, 15) is 14.4 Å². The molecule has 2 aromatic carbocycles. The summed E-state index contributed by atoms with van der Waals surface area (Å²) in [5.41, 5.74) is 5.28. The number of rotatable bonds is 4. The van der Waals surface area contributed by atoms with Crippen LogP contribution in [0.25, 0.3) is 16.5 Å². The Morgan fingerprint density at radius 3 is 2.34 bits per heavy atom. The van der Waals surface area contributed by atoms with E-state index >= 15 is 0 Å². The van der Waals surface area contributed by atoms with E-state index in [-0.39, 0.29) is 22.9 Å². The van der Waals surface area contributed by atoms with Crippen molar-refractivity contribution in [3.05, 3.63) is 87.6 Å². The molecule has 0 unspecified atom stereocenters. The van der Waals surface area contributed by atoms with Gasteiger partial charge in [-0.15, -0.1) is 0 Å². The van der Waals surface area contributed by atoms with Gasteiger partial charge in [0.25, 0.3) is 17.4 Å². The van der Waals surface area contributed by atoms with Crippen molar-refractivity contribution >= 4 is 34.2 Å². The van der Waals surface area contributed by atoms with Gasteiger partial charge in [-0.25, -0.2) is 9.36 Å². The third-order valence-electron chi connectivity index (χ3n) is 4.77. The average Bonchev–Trinajstić information content (AvgIpc) is 3.28.